The number of rotatable bonds is 5. The summed E-state index contributed by atoms with van der Waals surface area (Å²) in [6.07, 6.45) is 0. The number of carbonyl (C=O) groups excluding carboxylic acids is 3. The molecule has 2 aliphatic rings. The monoisotopic (exact) mass is 406 g/mol. The highest BCUT2D eigenvalue weighted by Gasteiger charge is 2.37. The van der Waals surface area contributed by atoms with Crippen LogP contribution in [0.5, 0.6) is 0 Å². The van der Waals surface area contributed by atoms with Gasteiger partial charge in [0.15, 0.2) is 0 Å². The van der Waals surface area contributed by atoms with E-state index in [2.05, 4.69) is 10.2 Å². The fraction of sp³-hybridized carbons (Fsp3) is 0.526. The number of piperazine rings is 1. The Balaban J connectivity index is 1.91. The topological polar surface area (TPSA) is 82.2 Å². The minimum absolute atomic E-state index is 0.0674. The maximum atomic E-state index is 12.8. The Bertz CT molecular complexity index is 769. The average molecular weight is 407 g/mol. The summed E-state index contributed by atoms with van der Waals surface area (Å²) in [4.78, 5) is 42.4. The van der Waals surface area contributed by atoms with Gasteiger partial charge in [-0.3, -0.25) is 14.6 Å². The van der Waals surface area contributed by atoms with E-state index in [-0.39, 0.29) is 18.5 Å². The van der Waals surface area contributed by atoms with Crippen molar-refractivity contribution >= 4 is 29.2 Å². The van der Waals surface area contributed by atoms with Gasteiger partial charge in [0.2, 0.25) is 5.91 Å². The summed E-state index contributed by atoms with van der Waals surface area (Å²) >= 11 is 1.51. The minimum atomic E-state index is -0.525. The van der Waals surface area contributed by atoms with Gasteiger partial charge in [-0.05, 0) is 29.3 Å². The van der Waals surface area contributed by atoms with Crippen LogP contribution in [-0.4, -0.2) is 79.0 Å². The van der Waals surface area contributed by atoms with Crippen LogP contribution >= 0.6 is 11.3 Å². The molecule has 1 fully saturated rings. The number of ether oxygens (including phenoxy) is 1. The second kappa shape index (κ2) is 8.74. The zero-order valence-electron chi connectivity index (χ0n) is 16.4. The number of likely N-dealkylation sites (N-methyl/N-ethyl adjacent to an activating group) is 1. The van der Waals surface area contributed by atoms with E-state index < -0.39 is 12.0 Å². The third-order valence-electron chi connectivity index (χ3n) is 5.14. The van der Waals surface area contributed by atoms with Crippen molar-refractivity contribution in [2.75, 3.05) is 46.4 Å². The highest BCUT2D eigenvalue weighted by molar-refractivity contribution is 7.08. The molecule has 1 aromatic heterocycles. The molecule has 0 saturated carbocycles. The molecule has 1 atom stereocenters. The van der Waals surface area contributed by atoms with Crippen molar-refractivity contribution in [3.63, 3.8) is 0 Å². The fourth-order valence-electron chi connectivity index (χ4n) is 3.52. The van der Waals surface area contributed by atoms with Gasteiger partial charge in [0.1, 0.15) is 0 Å². The Morgan fingerprint density at radius 3 is 2.57 bits per heavy atom. The first-order valence-electron chi connectivity index (χ1n) is 9.36. The van der Waals surface area contributed by atoms with Crippen LogP contribution in [0.1, 0.15) is 25.5 Å². The molecule has 3 rings (SSSR count). The number of esters is 1. The van der Waals surface area contributed by atoms with E-state index >= 15 is 0 Å². The largest absolute Gasteiger partial charge is 0.463 e. The first-order valence-corrected chi connectivity index (χ1v) is 10.3. The lowest BCUT2D eigenvalue weighted by Gasteiger charge is -2.39. The maximum Gasteiger partial charge on any atom is 0.338 e. The molecule has 8 nitrogen and oxygen atoms in total. The quantitative estimate of drug-likeness (QED) is 0.748. The molecule has 0 aliphatic carbocycles. The van der Waals surface area contributed by atoms with Crippen LogP contribution in [0.25, 0.3) is 0 Å². The van der Waals surface area contributed by atoms with E-state index in [1.54, 1.807) is 20.9 Å². The molecule has 1 N–H and O–H groups in total. The molecule has 2 aliphatic heterocycles. The highest BCUT2D eigenvalue weighted by atomic mass is 32.1. The predicted molar refractivity (Wildman–Crippen MR) is 106 cm³/mol. The molecule has 1 unspecified atom stereocenters. The second-order valence-corrected chi connectivity index (χ2v) is 7.64. The summed E-state index contributed by atoms with van der Waals surface area (Å²) in [5.74, 6) is -0.347. The van der Waals surface area contributed by atoms with Crippen LogP contribution in [0.15, 0.2) is 28.1 Å². The van der Waals surface area contributed by atoms with Gasteiger partial charge in [-0.25, -0.2) is 9.59 Å². The van der Waals surface area contributed by atoms with E-state index in [1.807, 2.05) is 21.7 Å². The molecule has 28 heavy (non-hydrogen) atoms. The van der Waals surface area contributed by atoms with Crippen molar-refractivity contribution in [2.24, 2.45) is 0 Å². The smallest absolute Gasteiger partial charge is 0.338 e. The zero-order chi connectivity index (χ0) is 20.3. The van der Waals surface area contributed by atoms with Gasteiger partial charge in [-0.2, -0.15) is 11.3 Å². The highest BCUT2D eigenvalue weighted by Crippen LogP contribution is 2.32. The lowest BCUT2D eigenvalue weighted by molar-refractivity contribution is -0.139. The van der Waals surface area contributed by atoms with Crippen LogP contribution in [0.3, 0.4) is 0 Å². The SMILES string of the molecule is CCOC(=O)C1=C(CN2CCN(C(C)=O)CC2)N(C)C(=O)NC1c1ccsc1. The van der Waals surface area contributed by atoms with Crippen LogP contribution in [-0.2, 0) is 14.3 Å². The third-order valence-corrected chi connectivity index (χ3v) is 5.84. The van der Waals surface area contributed by atoms with E-state index in [4.69, 9.17) is 4.74 Å². The van der Waals surface area contributed by atoms with Crippen LogP contribution in [0.2, 0.25) is 0 Å². The number of nitrogens with one attached hydrogen (secondary N) is 1. The average Bonchev–Trinajstić information content (AvgIpc) is 3.20. The van der Waals surface area contributed by atoms with Gasteiger partial charge in [0, 0.05) is 52.4 Å². The molecule has 0 radical (unpaired) electrons. The molecule has 1 aromatic rings. The second-order valence-electron chi connectivity index (χ2n) is 6.86. The van der Waals surface area contributed by atoms with E-state index in [9.17, 15) is 14.4 Å². The van der Waals surface area contributed by atoms with Crippen LogP contribution < -0.4 is 5.32 Å². The Morgan fingerprint density at radius 2 is 2.00 bits per heavy atom. The first kappa shape index (κ1) is 20.3. The molecule has 0 spiro atoms. The minimum Gasteiger partial charge on any atom is -0.463 e. The summed E-state index contributed by atoms with van der Waals surface area (Å²) in [6.45, 7) is 6.72. The van der Waals surface area contributed by atoms with Crippen molar-refractivity contribution < 1.29 is 19.1 Å². The van der Waals surface area contributed by atoms with Crippen molar-refractivity contribution in [2.45, 2.75) is 19.9 Å². The van der Waals surface area contributed by atoms with Gasteiger partial charge in [0.25, 0.3) is 0 Å². The predicted octanol–water partition coefficient (Wildman–Crippen LogP) is 1.43. The van der Waals surface area contributed by atoms with Crippen molar-refractivity contribution in [1.29, 1.82) is 0 Å². The summed E-state index contributed by atoms with van der Waals surface area (Å²) in [7, 11) is 1.67. The van der Waals surface area contributed by atoms with Crippen molar-refractivity contribution in [3.05, 3.63) is 33.7 Å². The molecule has 1 saturated heterocycles. The van der Waals surface area contributed by atoms with Crippen molar-refractivity contribution in [3.8, 4) is 0 Å². The molecule has 0 aromatic carbocycles. The summed E-state index contributed by atoms with van der Waals surface area (Å²) in [6, 6.07) is 1.13. The summed E-state index contributed by atoms with van der Waals surface area (Å²) in [5.41, 5.74) is 1.99. The number of hydrogen-bond donors (Lipinski definition) is 1. The molecule has 3 heterocycles. The Labute approximate surface area is 168 Å². The van der Waals surface area contributed by atoms with Gasteiger partial charge >= 0.3 is 12.0 Å². The normalized spacial score (nSPS) is 21.0. The number of nitrogens with zero attached hydrogens (tertiary/aromatic N) is 3. The summed E-state index contributed by atoms with van der Waals surface area (Å²) < 4.78 is 5.32. The Kier molecular flexibility index (Phi) is 6.35. The number of carbonyl (C=O) groups is 3. The molecule has 152 valence electrons. The number of urea groups is 1. The molecular weight excluding hydrogens is 380 g/mol. The van der Waals surface area contributed by atoms with E-state index in [0.717, 1.165) is 5.56 Å². The lowest BCUT2D eigenvalue weighted by Crippen LogP contribution is -2.52. The molecule has 3 amide bonds. The molecule has 0 bridgehead atoms. The lowest BCUT2D eigenvalue weighted by atomic mass is 9.96. The standard InChI is InChI=1S/C19H26N4O4S/c1-4-27-18(25)16-15(11-22-6-8-23(9-7-22)13(2)24)21(3)19(26)20-17(16)14-5-10-28-12-14/h5,10,12,17H,4,6-9,11H2,1-3H3,(H,20,26). The first-order chi connectivity index (χ1) is 13.4. The van der Waals surface area contributed by atoms with Gasteiger partial charge in [-0.1, -0.05) is 0 Å². The fourth-order valence-corrected chi connectivity index (χ4v) is 4.21. The Hall–Kier alpha value is -2.39. The third kappa shape index (κ3) is 4.20. The Morgan fingerprint density at radius 1 is 1.29 bits per heavy atom. The zero-order valence-corrected chi connectivity index (χ0v) is 17.3. The number of amides is 3. The molecule has 9 heteroatoms. The van der Waals surface area contributed by atoms with Gasteiger partial charge < -0.3 is 15.0 Å². The summed E-state index contributed by atoms with van der Waals surface area (Å²) in [5, 5.41) is 6.76. The van der Waals surface area contributed by atoms with Gasteiger partial charge in [0.05, 0.1) is 18.2 Å². The number of hydrogen-bond acceptors (Lipinski definition) is 6. The molecular formula is C19H26N4O4S. The van der Waals surface area contributed by atoms with Crippen LogP contribution in [0, 0.1) is 0 Å². The van der Waals surface area contributed by atoms with E-state index in [0.29, 0.717) is 44.0 Å². The van der Waals surface area contributed by atoms with Gasteiger partial charge in [-0.15, -0.1) is 0 Å². The van der Waals surface area contributed by atoms with Crippen molar-refractivity contribution in [1.82, 2.24) is 20.0 Å². The van der Waals surface area contributed by atoms with E-state index in [1.165, 1.54) is 16.2 Å². The maximum absolute atomic E-state index is 12.8. The van der Waals surface area contributed by atoms with Crippen LogP contribution in [0.4, 0.5) is 4.79 Å². The number of thiophene rings is 1.